The van der Waals surface area contributed by atoms with Gasteiger partial charge in [-0.3, -0.25) is 10.1 Å². The molecule has 8 heteroatoms. The van der Waals surface area contributed by atoms with E-state index in [0.29, 0.717) is 23.5 Å². The third-order valence-electron chi connectivity index (χ3n) is 3.37. The van der Waals surface area contributed by atoms with Gasteiger partial charge < -0.3 is 14.9 Å². The number of carbonyl (C=O) groups is 2. The van der Waals surface area contributed by atoms with E-state index >= 15 is 0 Å². The number of nitrogens with zero attached hydrogens (tertiary/aromatic N) is 2. The number of terminal acetylenes is 1. The lowest BCUT2D eigenvalue weighted by molar-refractivity contribution is -0.114. The smallest absolute Gasteiger partial charge is 0.412 e. The molecule has 2 rings (SSSR count). The van der Waals surface area contributed by atoms with Crippen LogP contribution in [0.3, 0.4) is 0 Å². The van der Waals surface area contributed by atoms with E-state index < -0.39 is 6.09 Å². The van der Waals surface area contributed by atoms with Gasteiger partial charge in [-0.1, -0.05) is 41.6 Å². The van der Waals surface area contributed by atoms with E-state index in [2.05, 4.69) is 26.7 Å². The normalized spacial score (nSPS) is 10.5. The van der Waals surface area contributed by atoms with Gasteiger partial charge in [-0.2, -0.15) is 0 Å². The van der Waals surface area contributed by atoms with Crippen molar-refractivity contribution in [3.05, 3.63) is 59.8 Å². The Balaban J connectivity index is 1.99. The van der Waals surface area contributed by atoms with Crippen molar-refractivity contribution in [1.29, 1.82) is 0 Å². The van der Waals surface area contributed by atoms with Gasteiger partial charge in [0, 0.05) is 19.0 Å². The molecular formula is C20H20N4O4. The number of nitrogens with one attached hydrogen (secondary N) is 2. The van der Waals surface area contributed by atoms with Crippen molar-refractivity contribution in [3.8, 4) is 12.3 Å². The monoisotopic (exact) mass is 380 g/mol. The van der Waals surface area contributed by atoms with E-state index in [1.807, 2.05) is 6.07 Å². The second-order valence-corrected chi connectivity index (χ2v) is 5.39. The fraction of sp³-hybridized carbons (Fsp3) is 0.200. The Morgan fingerprint density at radius 2 is 1.96 bits per heavy atom. The largest absolute Gasteiger partial charge is 0.448 e. The molecule has 0 atom stereocenters. The standard InChI is InChI=1S/C20H20N4O4/c1-3-4-13-27-20(26)23-17-12-8-11-16(22-17)14-28-24-18(19(25)21-2)15-9-6-5-7-10-15/h1,5-12H,4,13-14H2,2H3,(H,21,25)(H,22,23,26)/b24-18+. The van der Waals surface area contributed by atoms with Crippen LogP contribution >= 0.6 is 0 Å². The van der Waals surface area contributed by atoms with E-state index in [9.17, 15) is 9.59 Å². The average Bonchev–Trinajstić information content (AvgIpc) is 2.72. The van der Waals surface area contributed by atoms with Crippen LogP contribution in [-0.4, -0.2) is 36.4 Å². The number of benzene rings is 1. The average molecular weight is 380 g/mol. The minimum atomic E-state index is -0.648. The van der Waals surface area contributed by atoms with Crippen LogP contribution in [0, 0.1) is 12.3 Å². The van der Waals surface area contributed by atoms with E-state index in [1.165, 1.54) is 7.05 Å². The SMILES string of the molecule is C#CCCOC(=O)Nc1cccc(CO/N=C(/C(=O)NC)c2ccccc2)n1. The molecule has 0 saturated heterocycles. The van der Waals surface area contributed by atoms with Gasteiger partial charge in [-0.05, 0) is 12.1 Å². The van der Waals surface area contributed by atoms with Crippen LogP contribution in [0.5, 0.6) is 0 Å². The van der Waals surface area contributed by atoms with Gasteiger partial charge in [0.1, 0.15) is 12.4 Å². The summed E-state index contributed by atoms with van der Waals surface area (Å²) in [6.07, 6.45) is 4.78. The Labute approximate surface area is 162 Å². The Kier molecular flexibility index (Phi) is 8.02. The number of likely N-dealkylation sites (N-methyl/N-ethyl adjacent to an activating group) is 1. The van der Waals surface area contributed by atoms with Crippen molar-refractivity contribution in [2.45, 2.75) is 13.0 Å². The fourth-order valence-corrected chi connectivity index (χ4v) is 2.08. The summed E-state index contributed by atoms with van der Waals surface area (Å²) in [7, 11) is 1.51. The second-order valence-electron chi connectivity index (χ2n) is 5.39. The second kappa shape index (κ2) is 11.0. The molecule has 2 aromatic rings. The van der Waals surface area contributed by atoms with Gasteiger partial charge in [-0.15, -0.1) is 12.3 Å². The molecule has 144 valence electrons. The Morgan fingerprint density at radius 1 is 1.18 bits per heavy atom. The summed E-state index contributed by atoms with van der Waals surface area (Å²) in [6, 6.07) is 14.0. The van der Waals surface area contributed by atoms with Gasteiger partial charge in [0.05, 0.1) is 5.69 Å². The van der Waals surface area contributed by atoms with Crippen LogP contribution < -0.4 is 10.6 Å². The van der Waals surface area contributed by atoms with Gasteiger partial charge in [-0.25, -0.2) is 9.78 Å². The molecule has 1 aromatic heterocycles. The summed E-state index contributed by atoms with van der Waals surface area (Å²) >= 11 is 0. The molecule has 0 unspecified atom stereocenters. The third-order valence-corrected chi connectivity index (χ3v) is 3.37. The molecule has 0 bridgehead atoms. The molecule has 0 aliphatic carbocycles. The number of carbonyl (C=O) groups excluding carboxylic acids is 2. The van der Waals surface area contributed by atoms with Crippen LogP contribution in [0.4, 0.5) is 10.6 Å². The van der Waals surface area contributed by atoms with Crippen molar-refractivity contribution in [1.82, 2.24) is 10.3 Å². The van der Waals surface area contributed by atoms with Gasteiger partial charge in [0.2, 0.25) is 0 Å². The van der Waals surface area contributed by atoms with Crippen LogP contribution in [0.2, 0.25) is 0 Å². The van der Waals surface area contributed by atoms with Crippen molar-refractivity contribution in [3.63, 3.8) is 0 Å². The zero-order valence-corrected chi connectivity index (χ0v) is 15.3. The number of anilines is 1. The maximum Gasteiger partial charge on any atom is 0.412 e. The molecule has 0 aliphatic heterocycles. The summed E-state index contributed by atoms with van der Waals surface area (Å²) < 4.78 is 4.90. The number of aromatic nitrogens is 1. The molecule has 0 saturated carbocycles. The number of amides is 2. The van der Waals surface area contributed by atoms with E-state index in [0.717, 1.165) is 0 Å². The number of hydrogen-bond acceptors (Lipinski definition) is 6. The highest BCUT2D eigenvalue weighted by Gasteiger charge is 2.13. The summed E-state index contributed by atoms with van der Waals surface area (Å²) in [6.45, 7) is 0.136. The first-order valence-corrected chi connectivity index (χ1v) is 8.44. The van der Waals surface area contributed by atoms with Gasteiger partial charge in [0.25, 0.3) is 5.91 Å². The predicted octanol–water partition coefficient (Wildman–Crippen LogP) is 2.32. The molecule has 8 nitrogen and oxygen atoms in total. The number of hydrogen-bond donors (Lipinski definition) is 2. The summed E-state index contributed by atoms with van der Waals surface area (Å²) in [5.41, 5.74) is 1.28. The van der Waals surface area contributed by atoms with Crippen molar-refractivity contribution < 1.29 is 19.2 Å². The maximum atomic E-state index is 12.0. The fourth-order valence-electron chi connectivity index (χ4n) is 2.08. The molecule has 0 radical (unpaired) electrons. The minimum absolute atomic E-state index is 0.00892. The summed E-state index contributed by atoms with van der Waals surface area (Å²) in [5, 5.41) is 8.96. The summed E-state index contributed by atoms with van der Waals surface area (Å²) in [5.74, 6) is 2.30. The van der Waals surface area contributed by atoms with E-state index in [4.69, 9.17) is 16.0 Å². The molecule has 2 amide bonds. The number of oxime groups is 1. The molecule has 28 heavy (non-hydrogen) atoms. The molecule has 0 spiro atoms. The lowest BCUT2D eigenvalue weighted by Crippen LogP contribution is -2.28. The number of ether oxygens (including phenoxy) is 1. The zero-order chi connectivity index (χ0) is 20.2. The first kappa shape index (κ1) is 20.5. The van der Waals surface area contributed by atoms with Crippen molar-refractivity contribution in [2.75, 3.05) is 19.0 Å². The topological polar surface area (TPSA) is 102 Å². The molecule has 0 fully saturated rings. The molecule has 0 aliphatic rings. The first-order valence-electron chi connectivity index (χ1n) is 8.44. The molecule has 1 aromatic carbocycles. The van der Waals surface area contributed by atoms with Gasteiger partial charge >= 0.3 is 6.09 Å². The molecule has 1 heterocycles. The van der Waals surface area contributed by atoms with E-state index in [1.54, 1.807) is 42.5 Å². The number of rotatable bonds is 8. The van der Waals surface area contributed by atoms with Gasteiger partial charge in [0.15, 0.2) is 12.3 Å². The van der Waals surface area contributed by atoms with Crippen molar-refractivity contribution in [2.24, 2.45) is 5.16 Å². The highest BCUT2D eigenvalue weighted by Crippen LogP contribution is 2.08. The van der Waals surface area contributed by atoms with Crippen molar-refractivity contribution >= 4 is 23.5 Å². The third kappa shape index (κ3) is 6.46. The summed E-state index contributed by atoms with van der Waals surface area (Å²) in [4.78, 5) is 33.2. The first-order chi connectivity index (χ1) is 13.6. The lowest BCUT2D eigenvalue weighted by Gasteiger charge is -2.08. The number of pyridine rings is 1. The highest BCUT2D eigenvalue weighted by atomic mass is 16.6. The minimum Gasteiger partial charge on any atom is -0.448 e. The lowest BCUT2D eigenvalue weighted by atomic mass is 10.1. The highest BCUT2D eigenvalue weighted by molar-refractivity contribution is 6.45. The van der Waals surface area contributed by atoms with Crippen LogP contribution in [0.25, 0.3) is 0 Å². The van der Waals surface area contributed by atoms with Crippen LogP contribution in [0.1, 0.15) is 17.7 Å². The van der Waals surface area contributed by atoms with Crippen LogP contribution in [-0.2, 0) is 21.0 Å². The zero-order valence-electron chi connectivity index (χ0n) is 15.3. The quantitative estimate of drug-likeness (QED) is 0.317. The van der Waals surface area contributed by atoms with E-state index in [-0.39, 0.29) is 24.8 Å². The Hall–Kier alpha value is -3.86. The Bertz CT molecular complexity index is 875. The Morgan fingerprint density at radius 3 is 2.68 bits per heavy atom. The molecule has 2 N–H and O–H groups in total. The van der Waals surface area contributed by atoms with Crippen LogP contribution in [0.15, 0.2) is 53.7 Å². The molecular weight excluding hydrogens is 360 g/mol. The predicted molar refractivity (Wildman–Crippen MR) is 104 cm³/mol. The maximum absolute atomic E-state index is 12.0.